The van der Waals surface area contributed by atoms with Gasteiger partial charge in [0.2, 0.25) is 0 Å². The summed E-state index contributed by atoms with van der Waals surface area (Å²) >= 11 is 0. The van der Waals surface area contributed by atoms with Crippen LogP contribution in [0.3, 0.4) is 0 Å². The standard InChI is InChI=1S/C24H22F3N3O/c25-24(26,27)19-9-6-10-20(17-19)29-13-15-30(16-14-29)23(31)28-22-12-5-4-11-21(22)18-7-2-1-3-8-18/h1-12,17H,13-16H2,(H,28,31). The fourth-order valence-corrected chi connectivity index (χ4v) is 3.70. The Morgan fingerprint density at radius 3 is 2.19 bits per heavy atom. The minimum Gasteiger partial charge on any atom is -0.368 e. The zero-order valence-electron chi connectivity index (χ0n) is 16.8. The van der Waals surface area contributed by atoms with Gasteiger partial charge in [-0.05, 0) is 29.8 Å². The first-order chi connectivity index (χ1) is 14.9. The average Bonchev–Trinajstić information content (AvgIpc) is 2.80. The zero-order valence-corrected chi connectivity index (χ0v) is 16.8. The molecule has 1 saturated heterocycles. The molecule has 0 aliphatic carbocycles. The molecule has 4 rings (SSSR count). The third-order valence-corrected chi connectivity index (χ3v) is 5.36. The number of nitrogens with one attached hydrogen (secondary N) is 1. The van der Waals surface area contributed by atoms with Crippen molar-refractivity contribution in [1.82, 2.24) is 4.90 Å². The highest BCUT2D eigenvalue weighted by Gasteiger charge is 2.31. The van der Waals surface area contributed by atoms with Crippen LogP contribution in [0.2, 0.25) is 0 Å². The van der Waals surface area contributed by atoms with Crippen LogP contribution in [0.15, 0.2) is 78.9 Å². The number of urea groups is 1. The molecule has 7 heteroatoms. The largest absolute Gasteiger partial charge is 0.416 e. The molecule has 0 spiro atoms. The number of amides is 2. The van der Waals surface area contributed by atoms with Crippen molar-refractivity contribution in [3.05, 3.63) is 84.4 Å². The fourth-order valence-electron chi connectivity index (χ4n) is 3.70. The molecular weight excluding hydrogens is 403 g/mol. The highest BCUT2D eigenvalue weighted by atomic mass is 19.4. The van der Waals surface area contributed by atoms with E-state index in [-0.39, 0.29) is 6.03 Å². The van der Waals surface area contributed by atoms with Gasteiger partial charge in [0.1, 0.15) is 0 Å². The molecular formula is C24H22F3N3O. The molecule has 1 N–H and O–H groups in total. The second-order valence-electron chi connectivity index (χ2n) is 7.36. The van der Waals surface area contributed by atoms with Gasteiger partial charge in [0.25, 0.3) is 0 Å². The highest BCUT2D eigenvalue weighted by Crippen LogP contribution is 2.32. The topological polar surface area (TPSA) is 35.6 Å². The van der Waals surface area contributed by atoms with E-state index in [9.17, 15) is 18.0 Å². The molecule has 1 fully saturated rings. The number of carbonyl (C=O) groups is 1. The summed E-state index contributed by atoms with van der Waals surface area (Å²) in [6, 6.07) is 22.5. The van der Waals surface area contributed by atoms with E-state index in [1.807, 2.05) is 59.5 Å². The summed E-state index contributed by atoms with van der Waals surface area (Å²) < 4.78 is 39.0. The molecule has 0 atom stereocenters. The Kier molecular flexibility index (Phi) is 5.84. The number of nitrogens with zero attached hydrogens (tertiary/aromatic N) is 2. The van der Waals surface area contributed by atoms with Crippen molar-refractivity contribution in [2.45, 2.75) is 6.18 Å². The number of benzene rings is 3. The van der Waals surface area contributed by atoms with Crippen LogP contribution in [0.5, 0.6) is 0 Å². The normalized spacial score (nSPS) is 14.4. The lowest BCUT2D eigenvalue weighted by molar-refractivity contribution is -0.137. The fraction of sp³-hybridized carbons (Fsp3) is 0.208. The monoisotopic (exact) mass is 425 g/mol. The highest BCUT2D eigenvalue weighted by molar-refractivity contribution is 5.94. The Morgan fingerprint density at radius 1 is 0.806 bits per heavy atom. The van der Waals surface area contributed by atoms with E-state index in [4.69, 9.17) is 0 Å². The van der Waals surface area contributed by atoms with Gasteiger partial charge < -0.3 is 15.1 Å². The third-order valence-electron chi connectivity index (χ3n) is 5.36. The second kappa shape index (κ2) is 8.71. The van der Waals surface area contributed by atoms with Crippen molar-refractivity contribution >= 4 is 17.4 Å². The van der Waals surface area contributed by atoms with Crippen LogP contribution < -0.4 is 10.2 Å². The number of carbonyl (C=O) groups excluding carboxylic acids is 1. The van der Waals surface area contributed by atoms with Crippen molar-refractivity contribution in [3.8, 4) is 11.1 Å². The van der Waals surface area contributed by atoms with E-state index in [1.165, 1.54) is 6.07 Å². The molecule has 1 aliphatic rings. The molecule has 31 heavy (non-hydrogen) atoms. The van der Waals surface area contributed by atoms with Crippen molar-refractivity contribution in [1.29, 1.82) is 0 Å². The van der Waals surface area contributed by atoms with E-state index in [1.54, 1.807) is 11.0 Å². The van der Waals surface area contributed by atoms with Gasteiger partial charge in [0.15, 0.2) is 0 Å². The maximum atomic E-state index is 13.0. The average molecular weight is 425 g/mol. The van der Waals surface area contributed by atoms with Crippen molar-refractivity contribution in [2.24, 2.45) is 0 Å². The molecule has 2 amide bonds. The zero-order chi connectivity index (χ0) is 21.8. The van der Waals surface area contributed by atoms with E-state index >= 15 is 0 Å². The number of alkyl halides is 3. The number of hydrogen-bond donors (Lipinski definition) is 1. The van der Waals surface area contributed by atoms with Crippen LogP contribution in [0.25, 0.3) is 11.1 Å². The van der Waals surface area contributed by atoms with Gasteiger partial charge in [-0.3, -0.25) is 0 Å². The Balaban J connectivity index is 1.41. The molecule has 3 aromatic carbocycles. The van der Waals surface area contributed by atoms with E-state index in [2.05, 4.69) is 5.32 Å². The van der Waals surface area contributed by atoms with Gasteiger partial charge in [-0.25, -0.2) is 4.79 Å². The smallest absolute Gasteiger partial charge is 0.368 e. The van der Waals surface area contributed by atoms with E-state index in [0.29, 0.717) is 31.9 Å². The summed E-state index contributed by atoms with van der Waals surface area (Å²) in [5, 5.41) is 2.98. The molecule has 4 nitrogen and oxygen atoms in total. The number of rotatable bonds is 3. The van der Waals surface area contributed by atoms with Gasteiger partial charge in [-0.1, -0.05) is 54.6 Å². The lowest BCUT2D eigenvalue weighted by Gasteiger charge is -2.36. The number of para-hydroxylation sites is 1. The molecule has 0 bridgehead atoms. The first-order valence-electron chi connectivity index (χ1n) is 10.0. The quantitative estimate of drug-likeness (QED) is 0.582. The molecule has 0 radical (unpaired) electrons. The van der Waals surface area contributed by atoms with Gasteiger partial charge in [0, 0.05) is 37.4 Å². The Morgan fingerprint density at radius 2 is 1.48 bits per heavy atom. The summed E-state index contributed by atoms with van der Waals surface area (Å²) in [5.41, 5.74) is 2.51. The van der Waals surface area contributed by atoms with Crippen LogP contribution in [0.4, 0.5) is 29.3 Å². The van der Waals surface area contributed by atoms with E-state index in [0.717, 1.165) is 28.9 Å². The molecule has 1 heterocycles. The van der Waals surface area contributed by atoms with Gasteiger partial charge in [-0.15, -0.1) is 0 Å². The molecule has 0 aromatic heterocycles. The van der Waals surface area contributed by atoms with Crippen LogP contribution >= 0.6 is 0 Å². The van der Waals surface area contributed by atoms with Gasteiger partial charge in [0.05, 0.1) is 11.3 Å². The Hall–Kier alpha value is -3.48. The van der Waals surface area contributed by atoms with Crippen LogP contribution in [-0.4, -0.2) is 37.1 Å². The lowest BCUT2D eigenvalue weighted by Crippen LogP contribution is -2.50. The first kappa shape index (κ1) is 20.8. The van der Waals surface area contributed by atoms with Crippen LogP contribution in [0.1, 0.15) is 5.56 Å². The van der Waals surface area contributed by atoms with Crippen molar-refractivity contribution < 1.29 is 18.0 Å². The minimum atomic E-state index is -4.37. The first-order valence-corrected chi connectivity index (χ1v) is 10.0. The number of hydrogen-bond acceptors (Lipinski definition) is 2. The predicted molar refractivity (Wildman–Crippen MR) is 116 cm³/mol. The second-order valence-corrected chi connectivity index (χ2v) is 7.36. The van der Waals surface area contributed by atoms with Gasteiger partial charge in [-0.2, -0.15) is 13.2 Å². The summed E-state index contributed by atoms with van der Waals surface area (Å²) in [6.45, 7) is 1.79. The summed E-state index contributed by atoms with van der Waals surface area (Å²) in [4.78, 5) is 16.4. The predicted octanol–water partition coefficient (Wildman–Crippen LogP) is 5.73. The van der Waals surface area contributed by atoms with Crippen molar-refractivity contribution in [3.63, 3.8) is 0 Å². The minimum absolute atomic E-state index is 0.216. The molecule has 0 saturated carbocycles. The number of anilines is 2. The summed E-state index contributed by atoms with van der Waals surface area (Å²) in [5.74, 6) is 0. The lowest BCUT2D eigenvalue weighted by atomic mass is 10.0. The molecule has 160 valence electrons. The van der Waals surface area contributed by atoms with E-state index < -0.39 is 11.7 Å². The molecule has 0 unspecified atom stereocenters. The SMILES string of the molecule is O=C(Nc1ccccc1-c1ccccc1)N1CCN(c2cccc(C(F)(F)F)c2)CC1. The maximum Gasteiger partial charge on any atom is 0.416 e. The number of halogens is 3. The third kappa shape index (κ3) is 4.82. The van der Waals surface area contributed by atoms with Crippen LogP contribution in [0, 0.1) is 0 Å². The number of piperazine rings is 1. The van der Waals surface area contributed by atoms with Crippen molar-refractivity contribution in [2.75, 3.05) is 36.4 Å². The van der Waals surface area contributed by atoms with Crippen LogP contribution in [-0.2, 0) is 6.18 Å². The maximum absolute atomic E-state index is 13.0. The Bertz CT molecular complexity index is 1050. The summed E-state index contributed by atoms with van der Waals surface area (Å²) in [6.07, 6.45) is -4.37. The molecule has 3 aromatic rings. The summed E-state index contributed by atoms with van der Waals surface area (Å²) in [7, 11) is 0. The Labute approximate surface area is 178 Å². The van der Waals surface area contributed by atoms with Gasteiger partial charge >= 0.3 is 12.2 Å². The molecule has 1 aliphatic heterocycles.